The van der Waals surface area contributed by atoms with Crippen molar-refractivity contribution >= 4 is 16.9 Å². The van der Waals surface area contributed by atoms with E-state index in [1.807, 2.05) is 55.6 Å². The molecule has 4 aromatic rings. The largest absolute Gasteiger partial charge is 0.493 e. The van der Waals surface area contributed by atoms with Crippen LogP contribution in [0.15, 0.2) is 54.9 Å². The van der Waals surface area contributed by atoms with Gasteiger partial charge in [-0.2, -0.15) is 5.26 Å². The summed E-state index contributed by atoms with van der Waals surface area (Å²) in [5.74, 6) is 2.06. The average Bonchev–Trinajstić information content (AvgIpc) is 2.93. The van der Waals surface area contributed by atoms with E-state index in [1.54, 1.807) is 13.3 Å². The topological polar surface area (TPSA) is 93.4 Å². The van der Waals surface area contributed by atoms with Crippen molar-refractivity contribution in [2.75, 3.05) is 38.3 Å². The van der Waals surface area contributed by atoms with Gasteiger partial charge < -0.3 is 19.1 Å². The molecule has 1 aliphatic heterocycles. The van der Waals surface area contributed by atoms with Gasteiger partial charge in [0.05, 0.1) is 37.6 Å². The monoisotopic (exact) mass is 481 g/mol. The zero-order valence-electron chi connectivity index (χ0n) is 20.4. The Hall–Kier alpha value is -4.22. The smallest absolute Gasteiger partial charge is 0.161 e. The molecule has 2 aromatic carbocycles. The van der Waals surface area contributed by atoms with Crippen molar-refractivity contribution in [1.29, 1.82) is 5.26 Å². The number of ether oxygens (including phenoxy) is 3. The molecular formula is C28H27N5O3. The van der Waals surface area contributed by atoms with Gasteiger partial charge in [0, 0.05) is 30.5 Å². The third-order valence-corrected chi connectivity index (χ3v) is 6.22. The maximum atomic E-state index is 10.0. The predicted molar refractivity (Wildman–Crippen MR) is 136 cm³/mol. The molecular weight excluding hydrogens is 454 g/mol. The molecule has 0 atom stereocenters. The van der Waals surface area contributed by atoms with Gasteiger partial charge in [0.15, 0.2) is 11.5 Å². The number of morpholine rings is 1. The SMILES string of the molecule is COc1cc(Cc2ccc3ncc(N4CCOCC4)nc3c2C#N)ccc1OCc1ccc(C)nc1. The van der Waals surface area contributed by atoms with Gasteiger partial charge in [-0.15, -0.1) is 0 Å². The summed E-state index contributed by atoms with van der Waals surface area (Å²) in [6.07, 6.45) is 4.14. The van der Waals surface area contributed by atoms with E-state index in [1.165, 1.54) is 0 Å². The van der Waals surface area contributed by atoms with E-state index in [9.17, 15) is 5.26 Å². The Morgan fingerprint density at radius 3 is 2.58 bits per heavy atom. The van der Waals surface area contributed by atoms with Gasteiger partial charge in [-0.3, -0.25) is 9.97 Å². The van der Waals surface area contributed by atoms with Crippen molar-refractivity contribution in [3.8, 4) is 17.6 Å². The van der Waals surface area contributed by atoms with E-state index < -0.39 is 0 Å². The van der Waals surface area contributed by atoms with Crippen LogP contribution in [0.2, 0.25) is 0 Å². The number of pyridine rings is 1. The first kappa shape index (κ1) is 23.5. The van der Waals surface area contributed by atoms with Crippen molar-refractivity contribution in [3.05, 3.63) is 82.8 Å². The standard InChI is InChI=1S/C28H27N5O3/c1-19-3-4-21(16-30-19)18-36-25-8-5-20(14-26(25)34-2)13-22-6-7-24-28(23(22)15-29)32-27(17-31-24)33-9-11-35-12-10-33/h3-8,14,16-17H,9-13,18H2,1-2H3. The zero-order valence-corrected chi connectivity index (χ0v) is 20.4. The van der Waals surface area contributed by atoms with Gasteiger partial charge in [0.1, 0.15) is 24.0 Å². The Bertz CT molecular complexity index is 1410. The fourth-order valence-corrected chi connectivity index (χ4v) is 4.23. The molecule has 0 unspecified atom stereocenters. The highest BCUT2D eigenvalue weighted by molar-refractivity contribution is 5.83. The second kappa shape index (κ2) is 10.6. The molecule has 5 rings (SSSR count). The van der Waals surface area contributed by atoms with E-state index in [4.69, 9.17) is 19.2 Å². The number of benzene rings is 2. The molecule has 8 nitrogen and oxygen atoms in total. The Morgan fingerprint density at radius 1 is 1.00 bits per heavy atom. The number of nitriles is 1. The number of rotatable bonds is 7. The number of nitrogens with zero attached hydrogens (tertiary/aromatic N) is 5. The van der Waals surface area contributed by atoms with Gasteiger partial charge in [-0.1, -0.05) is 18.2 Å². The molecule has 0 saturated carbocycles. The predicted octanol–water partition coefficient (Wildman–Crippen LogP) is 4.22. The summed E-state index contributed by atoms with van der Waals surface area (Å²) in [6.45, 7) is 5.20. The third-order valence-electron chi connectivity index (χ3n) is 6.22. The normalized spacial score (nSPS) is 13.4. The molecule has 0 aliphatic carbocycles. The number of methoxy groups -OCH3 is 1. The highest BCUT2D eigenvalue weighted by Gasteiger charge is 2.17. The molecule has 1 saturated heterocycles. The van der Waals surface area contributed by atoms with E-state index >= 15 is 0 Å². The summed E-state index contributed by atoms with van der Waals surface area (Å²) in [7, 11) is 1.62. The lowest BCUT2D eigenvalue weighted by molar-refractivity contribution is 0.122. The van der Waals surface area contributed by atoms with Crippen LogP contribution in [0.4, 0.5) is 5.82 Å². The van der Waals surface area contributed by atoms with Crippen LogP contribution in [0, 0.1) is 18.3 Å². The van der Waals surface area contributed by atoms with Crippen molar-refractivity contribution in [1.82, 2.24) is 15.0 Å². The van der Waals surface area contributed by atoms with Crippen LogP contribution < -0.4 is 14.4 Å². The van der Waals surface area contributed by atoms with Gasteiger partial charge >= 0.3 is 0 Å². The summed E-state index contributed by atoms with van der Waals surface area (Å²) in [4.78, 5) is 15.8. The lowest BCUT2D eigenvalue weighted by atomic mass is 9.98. The van der Waals surface area contributed by atoms with Crippen LogP contribution in [-0.4, -0.2) is 48.4 Å². The molecule has 0 N–H and O–H groups in total. The van der Waals surface area contributed by atoms with Crippen LogP contribution in [0.25, 0.3) is 11.0 Å². The molecule has 0 bridgehead atoms. The molecule has 8 heteroatoms. The number of aryl methyl sites for hydroxylation is 1. The zero-order chi connectivity index (χ0) is 24.9. The highest BCUT2D eigenvalue weighted by Crippen LogP contribution is 2.31. The van der Waals surface area contributed by atoms with Crippen molar-refractivity contribution in [3.63, 3.8) is 0 Å². The van der Waals surface area contributed by atoms with Crippen LogP contribution in [0.5, 0.6) is 11.5 Å². The van der Waals surface area contributed by atoms with Crippen LogP contribution in [0.1, 0.15) is 27.9 Å². The minimum absolute atomic E-state index is 0.399. The summed E-state index contributed by atoms with van der Waals surface area (Å²) >= 11 is 0. The summed E-state index contributed by atoms with van der Waals surface area (Å²) < 4.78 is 17.0. The van der Waals surface area contributed by atoms with Crippen LogP contribution >= 0.6 is 0 Å². The summed E-state index contributed by atoms with van der Waals surface area (Å²) in [5.41, 5.74) is 5.72. The fourth-order valence-electron chi connectivity index (χ4n) is 4.23. The number of fused-ring (bicyclic) bond motifs is 1. The Kier molecular flexibility index (Phi) is 6.92. The van der Waals surface area contributed by atoms with E-state index in [2.05, 4.69) is 20.9 Å². The van der Waals surface area contributed by atoms with Gasteiger partial charge in [-0.05, 0) is 48.7 Å². The fraction of sp³-hybridized carbons (Fsp3) is 0.286. The molecule has 0 radical (unpaired) electrons. The van der Waals surface area contributed by atoms with E-state index in [0.29, 0.717) is 54.3 Å². The van der Waals surface area contributed by atoms with Gasteiger partial charge in [0.2, 0.25) is 0 Å². The molecule has 0 spiro atoms. The van der Waals surface area contributed by atoms with Crippen molar-refractivity contribution in [2.24, 2.45) is 0 Å². The van der Waals surface area contributed by atoms with Crippen molar-refractivity contribution < 1.29 is 14.2 Å². The first-order valence-electron chi connectivity index (χ1n) is 11.9. The number of hydrogen-bond acceptors (Lipinski definition) is 8. The highest BCUT2D eigenvalue weighted by atomic mass is 16.5. The lowest BCUT2D eigenvalue weighted by Gasteiger charge is -2.27. The molecule has 36 heavy (non-hydrogen) atoms. The number of anilines is 1. The Balaban J connectivity index is 1.39. The maximum Gasteiger partial charge on any atom is 0.161 e. The number of hydrogen-bond donors (Lipinski definition) is 0. The minimum atomic E-state index is 0.399. The second-order valence-electron chi connectivity index (χ2n) is 8.67. The molecule has 0 amide bonds. The summed E-state index contributed by atoms with van der Waals surface area (Å²) in [5, 5.41) is 10.0. The van der Waals surface area contributed by atoms with Crippen LogP contribution in [0.3, 0.4) is 0 Å². The maximum absolute atomic E-state index is 10.0. The third kappa shape index (κ3) is 5.07. The van der Waals surface area contributed by atoms with E-state index in [-0.39, 0.29) is 0 Å². The lowest BCUT2D eigenvalue weighted by Crippen LogP contribution is -2.36. The Labute approximate surface area is 210 Å². The minimum Gasteiger partial charge on any atom is -0.493 e. The second-order valence-corrected chi connectivity index (χ2v) is 8.67. The molecule has 1 aliphatic rings. The van der Waals surface area contributed by atoms with Crippen LogP contribution in [-0.2, 0) is 17.8 Å². The van der Waals surface area contributed by atoms with E-state index in [0.717, 1.165) is 41.3 Å². The quantitative estimate of drug-likeness (QED) is 0.387. The average molecular weight is 482 g/mol. The first-order chi connectivity index (χ1) is 17.6. The molecule has 1 fully saturated rings. The first-order valence-corrected chi connectivity index (χ1v) is 11.9. The molecule has 3 heterocycles. The Morgan fingerprint density at radius 2 is 1.83 bits per heavy atom. The van der Waals surface area contributed by atoms with Gasteiger partial charge in [-0.25, -0.2) is 4.98 Å². The summed E-state index contributed by atoms with van der Waals surface area (Å²) in [6, 6.07) is 16.0. The van der Waals surface area contributed by atoms with Gasteiger partial charge in [0.25, 0.3) is 0 Å². The number of aromatic nitrogens is 3. The molecule has 2 aromatic heterocycles. The van der Waals surface area contributed by atoms with Crippen molar-refractivity contribution in [2.45, 2.75) is 20.0 Å². The molecule has 182 valence electrons.